The number of hydrogen-bond donors (Lipinski definition) is 0. The topological polar surface area (TPSA) is 18.1 Å². The second kappa shape index (κ2) is 7.73. The highest BCUT2D eigenvalue weighted by Crippen LogP contribution is 2.40. The van der Waals surface area contributed by atoms with Gasteiger partial charge in [0.15, 0.2) is 5.58 Å². The first kappa shape index (κ1) is 20.6. The van der Waals surface area contributed by atoms with Crippen LogP contribution in [-0.4, -0.2) is 4.57 Å². The molecule has 2 heterocycles. The average molecular weight is 494 g/mol. The van der Waals surface area contributed by atoms with E-state index in [1.807, 2.05) is 18.2 Å². The number of para-hydroxylation sites is 2. The summed E-state index contributed by atoms with van der Waals surface area (Å²) in [7, 11) is 0. The monoisotopic (exact) mass is 493 g/mol. The van der Waals surface area contributed by atoms with Gasteiger partial charge in [0.05, 0.1) is 16.7 Å². The SMILES string of the molecule is Clc1ccc2c(c1)c1cc(-c3cccc4ccccc34)ccc1n2-c1cccc2c1oc1ccccc12. The Morgan fingerprint density at radius 3 is 2.16 bits per heavy atom. The van der Waals surface area contributed by atoms with Gasteiger partial charge in [-0.15, -0.1) is 0 Å². The largest absolute Gasteiger partial charge is 0.454 e. The van der Waals surface area contributed by atoms with Gasteiger partial charge in [-0.3, -0.25) is 0 Å². The summed E-state index contributed by atoms with van der Waals surface area (Å²) >= 11 is 6.53. The molecule has 0 fully saturated rings. The van der Waals surface area contributed by atoms with Crippen molar-refractivity contribution < 1.29 is 4.42 Å². The van der Waals surface area contributed by atoms with Gasteiger partial charge >= 0.3 is 0 Å². The van der Waals surface area contributed by atoms with Crippen molar-refractivity contribution >= 4 is 66.1 Å². The molecule has 0 atom stereocenters. The lowest BCUT2D eigenvalue weighted by Crippen LogP contribution is -1.94. The van der Waals surface area contributed by atoms with E-state index in [1.54, 1.807) is 0 Å². The molecular weight excluding hydrogens is 474 g/mol. The number of hydrogen-bond acceptors (Lipinski definition) is 1. The molecule has 8 rings (SSSR count). The fraction of sp³-hybridized carbons (Fsp3) is 0. The summed E-state index contributed by atoms with van der Waals surface area (Å²) in [5.41, 5.74) is 7.43. The molecule has 37 heavy (non-hydrogen) atoms. The summed E-state index contributed by atoms with van der Waals surface area (Å²) in [6.07, 6.45) is 0. The Morgan fingerprint density at radius 1 is 0.541 bits per heavy atom. The molecule has 0 bridgehead atoms. The van der Waals surface area contributed by atoms with E-state index in [1.165, 1.54) is 21.9 Å². The molecule has 0 unspecified atom stereocenters. The smallest absolute Gasteiger partial charge is 0.159 e. The van der Waals surface area contributed by atoms with Crippen LogP contribution in [0.2, 0.25) is 5.02 Å². The molecule has 0 aliphatic carbocycles. The maximum absolute atomic E-state index is 6.53. The van der Waals surface area contributed by atoms with Crippen LogP contribution >= 0.6 is 11.6 Å². The predicted octanol–water partition coefficient (Wildman–Crippen LogP) is 10.2. The van der Waals surface area contributed by atoms with E-state index >= 15 is 0 Å². The van der Waals surface area contributed by atoms with Crippen molar-refractivity contribution in [2.75, 3.05) is 0 Å². The summed E-state index contributed by atoms with van der Waals surface area (Å²) in [4.78, 5) is 0. The van der Waals surface area contributed by atoms with Gasteiger partial charge < -0.3 is 8.98 Å². The van der Waals surface area contributed by atoms with Gasteiger partial charge in [-0.25, -0.2) is 0 Å². The Labute approximate surface area is 217 Å². The van der Waals surface area contributed by atoms with Gasteiger partial charge in [0, 0.05) is 26.6 Å². The first-order valence-corrected chi connectivity index (χ1v) is 12.8. The number of benzene rings is 6. The minimum atomic E-state index is 0.726. The van der Waals surface area contributed by atoms with Gasteiger partial charge in [-0.2, -0.15) is 0 Å². The van der Waals surface area contributed by atoms with Gasteiger partial charge in [0.2, 0.25) is 0 Å². The molecule has 0 saturated carbocycles. The third-order valence-electron chi connectivity index (χ3n) is 7.45. The lowest BCUT2D eigenvalue weighted by atomic mass is 9.97. The molecule has 2 nitrogen and oxygen atoms in total. The molecule has 0 N–H and O–H groups in total. The minimum absolute atomic E-state index is 0.726. The molecule has 6 aromatic carbocycles. The number of furan rings is 1. The number of nitrogens with zero attached hydrogens (tertiary/aromatic N) is 1. The summed E-state index contributed by atoms with van der Waals surface area (Å²) < 4.78 is 8.73. The zero-order chi connectivity index (χ0) is 24.5. The van der Waals surface area contributed by atoms with E-state index < -0.39 is 0 Å². The Balaban J connectivity index is 1.46. The number of rotatable bonds is 2. The molecule has 2 aromatic heterocycles. The van der Waals surface area contributed by atoms with Crippen LogP contribution in [0.15, 0.2) is 126 Å². The Hall–Kier alpha value is -4.53. The second-order valence-corrected chi connectivity index (χ2v) is 9.94. The highest BCUT2D eigenvalue weighted by Gasteiger charge is 2.18. The summed E-state index contributed by atoms with van der Waals surface area (Å²) in [6.45, 7) is 0. The molecule has 0 aliphatic heterocycles. The van der Waals surface area contributed by atoms with Crippen molar-refractivity contribution in [3.05, 3.63) is 126 Å². The first-order valence-electron chi connectivity index (χ1n) is 12.4. The highest BCUT2D eigenvalue weighted by atomic mass is 35.5. The quantitative estimate of drug-likeness (QED) is 0.234. The van der Waals surface area contributed by atoms with Crippen molar-refractivity contribution in [3.8, 4) is 16.8 Å². The second-order valence-electron chi connectivity index (χ2n) is 9.51. The van der Waals surface area contributed by atoms with Crippen molar-refractivity contribution in [1.29, 1.82) is 0 Å². The van der Waals surface area contributed by atoms with Crippen LogP contribution in [0, 0.1) is 0 Å². The lowest BCUT2D eigenvalue weighted by Gasteiger charge is -2.10. The molecule has 3 heteroatoms. The molecular formula is C34H20ClNO. The summed E-state index contributed by atoms with van der Waals surface area (Å²) in [6, 6.07) is 42.5. The summed E-state index contributed by atoms with van der Waals surface area (Å²) in [5, 5.41) is 7.74. The van der Waals surface area contributed by atoms with Gasteiger partial charge in [0.1, 0.15) is 5.58 Å². The maximum Gasteiger partial charge on any atom is 0.159 e. The highest BCUT2D eigenvalue weighted by molar-refractivity contribution is 6.32. The minimum Gasteiger partial charge on any atom is -0.454 e. The first-order chi connectivity index (χ1) is 18.3. The van der Waals surface area contributed by atoms with Crippen LogP contribution in [0.4, 0.5) is 0 Å². The van der Waals surface area contributed by atoms with E-state index in [9.17, 15) is 0 Å². The molecule has 0 spiro atoms. The number of aromatic nitrogens is 1. The van der Waals surface area contributed by atoms with Gasteiger partial charge in [-0.05, 0) is 64.4 Å². The van der Waals surface area contributed by atoms with Crippen LogP contribution in [-0.2, 0) is 0 Å². The third kappa shape index (κ3) is 3.00. The summed E-state index contributed by atoms with van der Waals surface area (Å²) in [5.74, 6) is 0. The van der Waals surface area contributed by atoms with Crippen molar-refractivity contribution in [2.24, 2.45) is 0 Å². The van der Waals surface area contributed by atoms with Crippen LogP contribution in [0.25, 0.3) is 71.3 Å². The Morgan fingerprint density at radius 2 is 1.24 bits per heavy atom. The number of fused-ring (bicyclic) bond motifs is 7. The van der Waals surface area contributed by atoms with Gasteiger partial charge in [0.25, 0.3) is 0 Å². The number of halogens is 1. The normalized spacial score (nSPS) is 11.9. The predicted molar refractivity (Wildman–Crippen MR) is 156 cm³/mol. The average Bonchev–Trinajstić information content (AvgIpc) is 3.48. The standard InChI is InChI=1S/C34H20ClNO/c35-23-16-18-31-29(20-23)28-19-22(25-11-5-8-21-7-1-2-9-24(21)25)15-17-30(28)36(31)32-13-6-12-27-26-10-3-4-14-33(26)37-34(27)32/h1-20H. The molecule has 0 amide bonds. The fourth-order valence-corrected chi connectivity index (χ4v) is 5.98. The van der Waals surface area contributed by atoms with Gasteiger partial charge in [-0.1, -0.05) is 90.5 Å². The fourth-order valence-electron chi connectivity index (χ4n) is 5.81. The van der Waals surface area contributed by atoms with Crippen molar-refractivity contribution in [3.63, 3.8) is 0 Å². The van der Waals surface area contributed by atoms with Crippen LogP contribution in [0.1, 0.15) is 0 Å². The lowest BCUT2D eigenvalue weighted by molar-refractivity contribution is 0.666. The third-order valence-corrected chi connectivity index (χ3v) is 7.69. The van der Waals surface area contributed by atoms with Crippen LogP contribution in [0.5, 0.6) is 0 Å². The Bertz CT molecular complexity index is 2160. The van der Waals surface area contributed by atoms with E-state index in [0.29, 0.717) is 0 Å². The maximum atomic E-state index is 6.53. The van der Waals surface area contributed by atoms with E-state index in [4.69, 9.17) is 16.0 Å². The molecule has 174 valence electrons. The van der Waals surface area contributed by atoms with Crippen molar-refractivity contribution in [1.82, 2.24) is 4.57 Å². The van der Waals surface area contributed by atoms with E-state index in [2.05, 4.69) is 108 Å². The Kier molecular flexibility index (Phi) is 4.31. The molecule has 8 aromatic rings. The van der Waals surface area contributed by atoms with Crippen LogP contribution < -0.4 is 0 Å². The van der Waals surface area contributed by atoms with E-state index in [-0.39, 0.29) is 0 Å². The molecule has 0 saturated heterocycles. The van der Waals surface area contributed by atoms with Crippen LogP contribution in [0.3, 0.4) is 0 Å². The molecule has 0 radical (unpaired) electrons. The molecule has 0 aliphatic rings. The zero-order valence-corrected chi connectivity index (χ0v) is 20.5. The zero-order valence-electron chi connectivity index (χ0n) is 19.8. The van der Waals surface area contributed by atoms with Crippen molar-refractivity contribution in [2.45, 2.75) is 0 Å². The van der Waals surface area contributed by atoms with E-state index in [0.717, 1.165) is 54.5 Å².